The molecular weight excluding hydrogens is 179 g/mol. The summed E-state index contributed by atoms with van der Waals surface area (Å²) in [4.78, 5) is 0. The third-order valence-corrected chi connectivity index (χ3v) is 2.61. The van der Waals surface area contributed by atoms with E-state index in [0.29, 0.717) is 5.52 Å². The van der Waals surface area contributed by atoms with Gasteiger partial charge in [-0.05, 0) is 25.1 Å². The van der Waals surface area contributed by atoms with Crippen LogP contribution in [0.1, 0.15) is 5.69 Å². The maximum atomic E-state index is 13.6. The van der Waals surface area contributed by atoms with E-state index in [1.54, 1.807) is 7.05 Å². The van der Waals surface area contributed by atoms with Crippen molar-refractivity contribution in [2.75, 3.05) is 12.4 Å². The van der Waals surface area contributed by atoms with Crippen molar-refractivity contribution in [1.29, 1.82) is 0 Å². The number of aromatic nitrogens is 1. The van der Waals surface area contributed by atoms with Crippen molar-refractivity contribution in [1.82, 2.24) is 4.57 Å². The van der Waals surface area contributed by atoms with E-state index in [1.165, 1.54) is 6.07 Å². The Kier molecular flexibility index (Phi) is 1.95. The Hall–Kier alpha value is -1.51. The number of benzene rings is 1. The van der Waals surface area contributed by atoms with Crippen LogP contribution < -0.4 is 5.32 Å². The molecule has 0 saturated carbocycles. The number of nitrogens with zero attached hydrogens (tertiary/aromatic N) is 1. The minimum absolute atomic E-state index is 0.178. The fourth-order valence-corrected chi connectivity index (χ4v) is 1.73. The molecule has 14 heavy (non-hydrogen) atoms. The number of halogens is 1. The van der Waals surface area contributed by atoms with E-state index >= 15 is 0 Å². The highest BCUT2D eigenvalue weighted by atomic mass is 19.1. The second-order valence-corrected chi connectivity index (χ2v) is 3.49. The highest BCUT2D eigenvalue weighted by Gasteiger charge is 2.08. The van der Waals surface area contributed by atoms with Crippen molar-refractivity contribution < 1.29 is 4.39 Å². The zero-order chi connectivity index (χ0) is 10.3. The van der Waals surface area contributed by atoms with Gasteiger partial charge >= 0.3 is 0 Å². The second-order valence-electron chi connectivity index (χ2n) is 3.49. The molecule has 0 saturated heterocycles. The van der Waals surface area contributed by atoms with Gasteiger partial charge in [-0.1, -0.05) is 0 Å². The fourth-order valence-electron chi connectivity index (χ4n) is 1.73. The number of hydrogen-bond donors (Lipinski definition) is 1. The Morgan fingerprint density at radius 3 is 2.64 bits per heavy atom. The molecule has 0 amide bonds. The summed E-state index contributed by atoms with van der Waals surface area (Å²) in [6, 6.07) is 5.45. The van der Waals surface area contributed by atoms with Crippen LogP contribution in [0.5, 0.6) is 0 Å². The van der Waals surface area contributed by atoms with Crippen LogP contribution in [0.4, 0.5) is 10.1 Å². The molecular formula is C11H13FN2. The van der Waals surface area contributed by atoms with Crippen LogP contribution in [-0.2, 0) is 7.05 Å². The van der Waals surface area contributed by atoms with Gasteiger partial charge in [-0.2, -0.15) is 0 Å². The lowest BCUT2D eigenvalue weighted by Crippen LogP contribution is -1.94. The zero-order valence-corrected chi connectivity index (χ0v) is 8.56. The van der Waals surface area contributed by atoms with Crippen LogP contribution in [0, 0.1) is 12.7 Å². The van der Waals surface area contributed by atoms with Crippen LogP contribution in [0.15, 0.2) is 18.2 Å². The van der Waals surface area contributed by atoms with E-state index in [4.69, 9.17) is 0 Å². The molecule has 0 atom stereocenters. The van der Waals surface area contributed by atoms with E-state index in [9.17, 15) is 4.39 Å². The molecule has 2 nitrogen and oxygen atoms in total. The van der Waals surface area contributed by atoms with Gasteiger partial charge in [-0.3, -0.25) is 0 Å². The number of anilines is 1. The predicted molar refractivity (Wildman–Crippen MR) is 57.2 cm³/mol. The summed E-state index contributed by atoms with van der Waals surface area (Å²) in [7, 11) is 3.66. The summed E-state index contributed by atoms with van der Waals surface area (Å²) in [5.41, 5.74) is 2.54. The first-order chi connectivity index (χ1) is 6.63. The molecule has 74 valence electrons. The molecule has 1 heterocycles. The average Bonchev–Trinajstić information content (AvgIpc) is 2.43. The minimum Gasteiger partial charge on any atom is -0.388 e. The van der Waals surface area contributed by atoms with Crippen molar-refractivity contribution in [3.63, 3.8) is 0 Å². The van der Waals surface area contributed by atoms with Crippen LogP contribution in [0.3, 0.4) is 0 Å². The maximum absolute atomic E-state index is 13.6. The normalized spacial score (nSPS) is 10.9. The Balaban J connectivity index is 2.83. The van der Waals surface area contributed by atoms with Gasteiger partial charge in [0.25, 0.3) is 0 Å². The highest BCUT2D eigenvalue weighted by molar-refractivity contribution is 5.85. The van der Waals surface area contributed by atoms with Crippen LogP contribution in [0.25, 0.3) is 10.9 Å². The summed E-state index contributed by atoms with van der Waals surface area (Å²) in [5, 5.41) is 3.88. The molecule has 1 N–H and O–H groups in total. The summed E-state index contributed by atoms with van der Waals surface area (Å²) >= 11 is 0. The fraction of sp³-hybridized carbons (Fsp3) is 0.273. The molecule has 0 aliphatic heterocycles. The number of rotatable bonds is 1. The number of hydrogen-bond acceptors (Lipinski definition) is 1. The van der Waals surface area contributed by atoms with E-state index in [-0.39, 0.29) is 5.82 Å². The van der Waals surface area contributed by atoms with Gasteiger partial charge in [0.1, 0.15) is 5.82 Å². The van der Waals surface area contributed by atoms with Gasteiger partial charge in [-0.15, -0.1) is 0 Å². The molecule has 0 unspecified atom stereocenters. The predicted octanol–water partition coefficient (Wildman–Crippen LogP) is 2.67. The SMILES string of the molecule is CNc1cc(F)c2c(c1)cc(C)n2C. The Morgan fingerprint density at radius 2 is 2.00 bits per heavy atom. The molecule has 0 radical (unpaired) electrons. The van der Waals surface area contributed by atoms with E-state index in [1.807, 2.05) is 30.7 Å². The van der Waals surface area contributed by atoms with Crippen molar-refractivity contribution in [3.05, 3.63) is 29.7 Å². The van der Waals surface area contributed by atoms with Gasteiger partial charge in [0.15, 0.2) is 0 Å². The van der Waals surface area contributed by atoms with Gasteiger partial charge in [0.05, 0.1) is 5.52 Å². The molecule has 0 spiro atoms. The topological polar surface area (TPSA) is 17.0 Å². The first-order valence-corrected chi connectivity index (χ1v) is 4.57. The Morgan fingerprint density at radius 1 is 1.29 bits per heavy atom. The van der Waals surface area contributed by atoms with Crippen LogP contribution in [0.2, 0.25) is 0 Å². The maximum Gasteiger partial charge on any atom is 0.149 e. The van der Waals surface area contributed by atoms with Gasteiger partial charge in [0.2, 0.25) is 0 Å². The highest BCUT2D eigenvalue weighted by Crippen LogP contribution is 2.25. The summed E-state index contributed by atoms with van der Waals surface area (Å²) in [5.74, 6) is -0.178. The summed E-state index contributed by atoms with van der Waals surface area (Å²) in [6.07, 6.45) is 0. The first-order valence-electron chi connectivity index (χ1n) is 4.57. The number of fused-ring (bicyclic) bond motifs is 1. The Bertz CT molecular complexity index is 485. The number of nitrogens with one attached hydrogen (secondary N) is 1. The lowest BCUT2D eigenvalue weighted by Gasteiger charge is -2.03. The van der Waals surface area contributed by atoms with Crippen molar-refractivity contribution in [3.8, 4) is 0 Å². The molecule has 0 aliphatic carbocycles. The van der Waals surface area contributed by atoms with E-state index in [0.717, 1.165) is 16.8 Å². The molecule has 1 aromatic heterocycles. The molecule has 3 heteroatoms. The van der Waals surface area contributed by atoms with Crippen molar-refractivity contribution in [2.45, 2.75) is 6.92 Å². The Labute approximate surface area is 82.3 Å². The quantitative estimate of drug-likeness (QED) is 0.735. The zero-order valence-electron chi connectivity index (χ0n) is 8.56. The second kappa shape index (κ2) is 3.01. The molecule has 2 rings (SSSR count). The van der Waals surface area contributed by atoms with Crippen molar-refractivity contribution in [2.24, 2.45) is 7.05 Å². The summed E-state index contributed by atoms with van der Waals surface area (Å²) in [6.45, 7) is 1.97. The average molecular weight is 192 g/mol. The lowest BCUT2D eigenvalue weighted by molar-refractivity contribution is 0.631. The standard InChI is InChI=1S/C11H13FN2/c1-7-4-8-5-9(13-2)6-10(12)11(8)14(7)3/h4-6,13H,1-3H3. The van der Waals surface area contributed by atoms with Gasteiger partial charge in [0, 0.05) is 30.9 Å². The van der Waals surface area contributed by atoms with E-state index < -0.39 is 0 Å². The molecule has 0 bridgehead atoms. The third kappa shape index (κ3) is 1.16. The minimum atomic E-state index is -0.178. The summed E-state index contributed by atoms with van der Waals surface area (Å²) < 4.78 is 15.5. The van der Waals surface area contributed by atoms with Crippen molar-refractivity contribution >= 4 is 16.6 Å². The molecule has 0 aliphatic rings. The van der Waals surface area contributed by atoms with Gasteiger partial charge < -0.3 is 9.88 Å². The molecule has 0 fully saturated rings. The smallest absolute Gasteiger partial charge is 0.149 e. The lowest BCUT2D eigenvalue weighted by atomic mass is 10.2. The van der Waals surface area contributed by atoms with E-state index in [2.05, 4.69) is 5.32 Å². The van der Waals surface area contributed by atoms with Crippen LogP contribution >= 0.6 is 0 Å². The number of aryl methyl sites for hydroxylation is 2. The monoisotopic (exact) mass is 192 g/mol. The molecule has 1 aromatic carbocycles. The van der Waals surface area contributed by atoms with Crippen LogP contribution in [-0.4, -0.2) is 11.6 Å². The first kappa shape index (κ1) is 9.06. The third-order valence-electron chi connectivity index (χ3n) is 2.61. The molecule has 2 aromatic rings. The largest absolute Gasteiger partial charge is 0.388 e. The van der Waals surface area contributed by atoms with Gasteiger partial charge in [-0.25, -0.2) is 4.39 Å².